The fourth-order valence-electron chi connectivity index (χ4n) is 1.54. The molecule has 1 aromatic carbocycles. The number of hydrogen-bond donors (Lipinski definition) is 2. The second-order valence-electron chi connectivity index (χ2n) is 3.52. The first-order valence-electron chi connectivity index (χ1n) is 5.03. The van der Waals surface area contributed by atoms with E-state index in [2.05, 4.69) is 44.5 Å². The van der Waals surface area contributed by atoms with Crippen molar-refractivity contribution < 1.29 is 0 Å². The zero-order valence-corrected chi connectivity index (χ0v) is 11.5. The Balaban J connectivity index is 0.00000128. The molecule has 1 heterocycles. The summed E-state index contributed by atoms with van der Waals surface area (Å²) in [5.74, 6) is 1.05. The molecule has 3 nitrogen and oxygen atoms in total. The van der Waals surface area contributed by atoms with Crippen LogP contribution in [-0.2, 0) is 0 Å². The van der Waals surface area contributed by atoms with Crippen molar-refractivity contribution in [3.63, 3.8) is 0 Å². The van der Waals surface area contributed by atoms with Crippen LogP contribution in [0.1, 0.15) is 5.56 Å². The van der Waals surface area contributed by atoms with E-state index in [0.29, 0.717) is 0 Å². The van der Waals surface area contributed by atoms with Gasteiger partial charge in [0.05, 0.1) is 13.1 Å². The molecule has 1 aliphatic heterocycles. The number of benzene rings is 1. The summed E-state index contributed by atoms with van der Waals surface area (Å²) in [7, 11) is 0. The first kappa shape index (κ1) is 13.3. The van der Waals surface area contributed by atoms with E-state index < -0.39 is 0 Å². The smallest absolute Gasteiger partial charge is 0.116 e. The molecule has 0 atom stereocenters. The lowest BCUT2D eigenvalue weighted by Gasteiger charge is -2.10. The minimum atomic E-state index is 0. The van der Waals surface area contributed by atoms with E-state index in [4.69, 9.17) is 0 Å². The molecule has 0 aromatic heterocycles. The maximum Gasteiger partial charge on any atom is 0.116 e. The summed E-state index contributed by atoms with van der Waals surface area (Å²) in [5.41, 5.74) is 2.39. The second kappa shape index (κ2) is 6.11. The molecule has 2 N–H and O–H groups in total. The predicted molar refractivity (Wildman–Crippen MR) is 74.9 cm³/mol. The van der Waals surface area contributed by atoms with Crippen LogP contribution in [0, 0.1) is 6.92 Å². The Kier molecular flexibility index (Phi) is 5.09. The molecule has 0 amide bonds. The number of amidine groups is 1. The summed E-state index contributed by atoms with van der Waals surface area (Å²) in [6.07, 6.45) is 0. The van der Waals surface area contributed by atoms with Crippen molar-refractivity contribution in [1.82, 2.24) is 5.32 Å². The van der Waals surface area contributed by atoms with Crippen molar-refractivity contribution in [1.29, 1.82) is 0 Å². The highest BCUT2D eigenvalue weighted by molar-refractivity contribution is 9.10. The Labute approximate surface area is 110 Å². The zero-order valence-electron chi connectivity index (χ0n) is 9.09. The minimum Gasteiger partial charge on any atom is -0.378 e. The Morgan fingerprint density at radius 3 is 3.00 bits per heavy atom. The third-order valence-electron chi connectivity index (χ3n) is 2.46. The van der Waals surface area contributed by atoms with E-state index in [1.54, 1.807) is 0 Å². The van der Waals surface area contributed by atoms with Crippen molar-refractivity contribution >= 4 is 39.9 Å². The lowest BCUT2D eigenvalue weighted by Crippen LogP contribution is -2.26. The summed E-state index contributed by atoms with van der Waals surface area (Å²) in [4.78, 5) is 4.33. The van der Waals surface area contributed by atoms with Crippen LogP contribution in [0.5, 0.6) is 0 Å². The van der Waals surface area contributed by atoms with Gasteiger partial charge in [-0.3, -0.25) is 4.99 Å². The largest absolute Gasteiger partial charge is 0.378 e. The Morgan fingerprint density at radius 1 is 1.50 bits per heavy atom. The van der Waals surface area contributed by atoms with E-state index in [1.165, 1.54) is 5.56 Å². The number of rotatable bonds is 3. The lowest BCUT2D eigenvalue weighted by molar-refractivity contribution is 0.956. The lowest BCUT2D eigenvalue weighted by atomic mass is 10.2. The van der Waals surface area contributed by atoms with E-state index in [0.717, 1.165) is 35.6 Å². The average Bonchev–Trinajstić information content (AvgIpc) is 2.73. The van der Waals surface area contributed by atoms with E-state index >= 15 is 0 Å². The summed E-state index contributed by atoms with van der Waals surface area (Å²) >= 11 is 3.51. The van der Waals surface area contributed by atoms with Crippen LogP contribution in [0.4, 0.5) is 5.69 Å². The van der Waals surface area contributed by atoms with Gasteiger partial charge in [-0.25, -0.2) is 0 Å². The molecule has 1 aliphatic rings. The molecule has 88 valence electrons. The summed E-state index contributed by atoms with van der Waals surface area (Å²) in [5, 5.41) is 6.61. The molecule has 0 bridgehead atoms. The van der Waals surface area contributed by atoms with Gasteiger partial charge in [-0.2, -0.15) is 0 Å². The zero-order chi connectivity index (χ0) is 10.7. The molecule has 0 aliphatic carbocycles. The van der Waals surface area contributed by atoms with Gasteiger partial charge in [-0.1, -0.05) is 22.0 Å². The van der Waals surface area contributed by atoms with Crippen LogP contribution in [0.25, 0.3) is 0 Å². The summed E-state index contributed by atoms with van der Waals surface area (Å²) in [6, 6.07) is 6.16. The highest BCUT2D eigenvalue weighted by Gasteiger charge is 2.05. The van der Waals surface area contributed by atoms with Crippen molar-refractivity contribution in [2.45, 2.75) is 6.92 Å². The van der Waals surface area contributed by atoms with Gasteiger partial charge in [0.2, 0.25) is 0 Å². The van der Waals surface area contributed by atoms with Crippen molar-refractivity contribution in [3.8, 4) is 0 Å². The van der Waals surface area contributed by atoms with Gasteiger partial charge >= 0.3 is 0 Å². The monoisotopic (exact) mass is 303 g/mol. The third kappa shape index (κ3) is 3.12. The molecule has 5 heteroatoms. The van der Waals surface area contributed by atoms with Crippen LogP contribution in [0.15, 0.2) is 27.7 Å². The third-order valence-corrected chi connectivity index (χ3v) is 3.32. The molecule has 0 spiro atoms. The van der Waals surface area contributed by atoms with E-state index in [9.17, 15) is 0 Å². The van der Waals surface area contributed by atoms with Crippen molar-refractivity contribution in [2.75, 3.05) is 25.0 Å². The van der Waals surface area contributed by atoms with E-state index in [1.807, 2.05) is 12.1 Å². The van der Waals surface area contributed by atoms with Crippen LogP contribution in [-0.4, -0.2) is 25.5 Å². The van der Waals surface area contributed by atoms with Crippen LogP contribution >= 0.6 is 28.3 Å². The molecule has 0 fully saturated rings. The molecule has 0 saturated carbocycles. The van der Waals surface area contributed by atoms with Crippen molar-refractivity contribution in [2.24, 2.45) is 4.99 Å². The number of nitrogens with zero attached hydrogens (tertiary/aromatic N) is 1. The summed E-state index contributed by atoms with van der Waals surface area (Å²) < 4.78 is 1.13. The highest BCUT2D eigenvalue weighted by atomic mass is 79.9. The molecule has 0 saturated heterocycles. The first-order chi connectivity index (χ1) is 7.27. The number of halogens is 2. The molecular formula is C11H15BrClN3. The Bertz CT molecular complexity index is 393. The standard InChI is InChI=1S/C11H14BrN3.ClH/c1-8-9(12)3-2-4-10(8)15-7-11-13-5-6-14-11;/h2-4,15H,5-7H2,1H3,(H,13,14);1H. The number of anilines is 1. The minimum absolute atomic E-state index is 0. The molecule has 2 rings (SSSR count). The van der Waals surface area contributed by atoms with Crippen LogP contribution in [0.2, 0.25) is 0 Å². The van der Waals surface area contributed by atoms with Crippen LogP contribution in [0.3, 0.4) is 0 Å². The molecule has 0 radical (unpaired) electrons. The van der Waals surface area contributed by atoms with Gasteiger partial charge in [0.15, 0.2) is 0 Å². The molecule has 16 heavy (non-hydrogen) atoms. The van der Waals surface area contributed by atoms with Gasteiger partial charge in [0.25, 0.3) is 0 Å². The summed E-state index contributed by atoms with van der Waals surface area (Å²) in [6.45, 7) is 4.73. The Hall–Kier alpha value is -0.740. The predicted octanol–water partition coefficient (Wildman–Crippen LogP) is 2.59. The van der Waals surface area contributed by atoms with Gasteiger partial charge in [-0.15, -0.1) is 12.4 Å². The van der Waals surface area contributed by atoms with Gasteiger partial charge in [-0.05, 0) is 24.6 Å². The fourth-order valence-corrected chi connectivity index (χ4v) is 1.91. The topological polar surface area (TPSA) is 36.4 Å². The number of hydrogen-bond acceptors (Lipinski definition) is 3. The van der Waals surface area contributed by atoms with E-state index in [-0.39, 0.29) is 12.4 Å². The first-order valence-corrected chi connectivity index (χ1v) is 5.83. The normalized spacial score (nSPS) is 13.8. The van der Waals surface area contributed by atoms with Crippen LogP contribution < -0.4 is 10.6 Å². The molecular weight excluding hydrogens is 289 g/mol. The average molecular weight is 305 g/mol. The van der Waals surface area contributed by atoms with Gasteiger partial charge in [0.1, 0.15) is 5.84 Å². The Morgan fingerprint density at radius 2 is 2.31 bits per heavy atom. The second-order valence-corrected chi connectivity index (χ2v) is 4.38. The maximum atomic E-state index is 4.33. The molecule has 1 aromatic rings. The highest BCUT2D eigenvalue weighted by Crippen LogP contribution is 2.23. The molecule has 0 unspecified atom stereocenters. The van der Waals surface area contributed by atoms with Crippen molar-refractivity contribution in [3.05, 3.63) is 28.2 Å². The number of aliphatic imine (C=N–C) groups is 1. The van der Waals surface area contributed by atoms with Gasteiger partial charge < -0.3 is 10.6 Å². The quantitative estimate of drug-likeness (QED) is 0.900. The number of nitrogens with one attached hydrogen (secondary N) is 2. The SMILES string of the molecule is Cc1c(Br)cccc1NCC1=NCCN1.Cl. The maximum absolute atomic E-state index is 4.33. The fraction of sp³-hybridized carbons (Fsp3) is 0.364. The van der Waals surface area contributed by atoms with Gasteiger partial charge in [0, 0.05) is 16.7 Å².